The molecule has 8 unspecified atom stereocenters. The van der Waals surface area contributed by atoms with E-state index in [0.717, 1.165) is 19.3 Å². The summed E-state index contributed by atoms with van der Waals surface area (Å²) in [5, 5.41) is 34.6. The van der Waals surface area contributed by atoms with Crippen molar-refractivity contribution in [3.05, 3.63) is 22.1 Å². The Morgan fingerprint density at radius 3 is 2.34 bits per heavy atom. The molecule has 10 nitrogen and oxygen atoms in total. The Bertz CT molecular complexity index is 883. The zero-order valence-electron chi connectivity index (χ0n) is 21.5. The molecule has 0 aromatic carbocycles. The van der Waals surface area contributed by atoms with Gasteiger partial charge in [-0.3, -0.25) is 9.69 Å². The van der Waals surface area contributed by atoms with Gasteiger partial charge in [0.1, 0.15) is 30.2 Å². The summed E-state index contributed by atoms with van der Waals surface area (Å²) < 4.78 is 16.2. The molecule has 10 heteroatoms. The van der Waals surface area contributed by atoms with E-state index in [1.165, 1.54) is 0 Å². The summed E-state index contributed by atoms with van der Waals surface area (Å²) in [6.45, 7) is 10.5. The van der Waals surface area contributed by atoms with Gasteiger partial charge in [-0.05, 0) is 38.0 Å². The summed E-state index contributed by atoms with van der Waals surface area (Å²) in [6, 6.07) is -1.02. The summed E-state index contributed by atoms with van der Waals surface area (Å²) in [4.78, 5) is 27.1. The number of carbonyl (C=O) groups is 1. The predicted molar refractivity (Wildman–Crippen MR) is 128 cm³/mol. The van der Waals surface area contributed by atoms with Gasteiger partial charge in [-0.2, -0.15) is 0 Å². The van der Waals surface area contributed by atoms with Crippen LogP contribution in [0.2, 0.25) is 0 Å². The van der Waals surface area contributed by atoms with Gasteiger partial charge in [-0.25, -0.2) is 4.79 Å². The average molecular weight is 499 g/mol. The molecule has 0 saturated carbocycles. The molecule has 1 aromatic heterocycles. The number of hydrogen-bond acceptors (Lipinski definition) is 9. The van der Waals surface area contributed by atoms with Crippen molar-refractivity contribution >= 4 is 5.91 Å². The van der Waals surface area contributed by atoms with Gasteiger partial charge in [0.2, 0.25) is 5.91 Å². The lowest BCUT2D eigenvalue weighted by molar-refractivity contribution is -0.232. The number of aryl methyl sites for hydroxylation is 1. The first-order chi connectivity index (χ1) is 16.6. The van der Waals surface area contributed by atoms with E-state index in [1.807, 2.05) is 25.7 Å². The number of nitrogens with one attached hydrogen (secondary N) is 1. The second-order valence-corrected chi connectivity index (χ2v) is 10.4. The molecule has 4 N–H and O–H groups in total. The molecular formula is C25H42N2O8. The van der Waals surface area contributed by atoms with E-state index in [2.05, 4.69) is 12.2 Å². The molecule has 0 radical (unpaired) electrons. The highest BCUT2D eigenvalue weighted by Gasteiger charge is 2.48. The number of nitrogens with zero attached hydrogens (tertiary/aromatic N) is 1. The van der Waals surface area contributed by atoms with E-state index in [0.29, 0.717) is 36.8 Å². The third kappa shape index (κ3) is 6.35. The van der Waals surface area contributed by atoms with Gasteiger partial charge in [0.15, 0.2) is 5.76 Å². The first kappa shape index (κ1) is 27.9. The van der Waals surface area contributed by atoms with Gasteiger partial charge in [0, 0.05) is 6.54 Å². The number of likely N-dealkylation sites (tertiary alicyclic amines) is 1. The lowest BCUT2D eigenvalue weighted by atomic mass is 9.85. The third-order valence-corrected chi connectivity index (χ3v) is 7.38. The fourth-order valence-corrected chi connectivity index (χ4v) is 5.45. The van der Waals surface area contributed by atoms with E-state index < -0.39 is 48.4 Å². The number of carbonyl (C=O) groups excluding carboxylic acids is 1. The number of hydrogen-bond donors (Lipinski definition) is 4. The maximum Gasteiger partial charge on any atom is 0.519 e. The van der Waals surface area contributed by atoms with Crippen LogP contribution >= 0.6 is 0 Å². The normalized spacial score (nSPS) is 32.8. The summed E-state index contributed by atoms with van der Waals surface area (Å²) in [7, 11) is 0. The molecule has 3 heterocycles. The van der Waals surface area contributed by atoms with Gasteiger partial charge >= 0.3 is 5.82 Å². The van der Waals surface area contributed by atoms with Crippen molar-refractivity contribution < 1.29 is 33.7 Å². The minimum Gasteiger partial charge on any atom is -0.396 e. The Morgan fingerprint density at radius 1 is 1.09 bits per heavy atom. The molecule has 2 fully saturated rings. The lowest BCUT2D eigenvalue weighted by Crippen LogP contribution is -2.65. The second-order valence-electron chi connectivity index (χ2n) is 10.4. The zero-order chi connectivity index (χ0) is 25.9. The Balaban J connectivity index is 1.78. The topological polar surface area (TPSA) is 146 Å². The van der Waals surface area contributed by atoms with Crippen LogP contribution in [0.5, 0.6) is 0 Å². The minimum absolute atomic E-state index is 0.0984. The molecule has 2 saturated heterocycles. The predicted octanol–water partition coefficient (Wildman–Crippen LogP) is 1.32. The van der Waals surface area contributed by atoms with Crippen LogP contribution < -0.4 is 11.1 Å². The van der Waals surface area contributed by atoms with Crippen molar-refractivity contribution in [3.8, 4) is 0 Å². The smallest absolute Gasteiger partial charge is 0.396 e. The van der Waals surface area contributed by atoms with Crippen molar-refractivity contribution in [2.45, 2.75) is 116 Å². The quantitative estimate of drug-likeness (QED) is 0.375. The number of aliphatic hydroxyl groups is 3. The monoisotopic (exact) mass is 498 g/mol. The van der Waals surface area contributed by atoms with E-state index >= 15 is 0 Å². The van der Waals surface area contributed by atoms with Crippen molar-refractivity contribution in [2.24, 2.45) is 11.8 Å². The molecule has 0 bridgehead atoms. The van der Waals surface area contributed by atoms with Crippen LogP contribution in [-0.2, 0) is 16.1 Å². The fraction of sp³-hybridized carbons (Fsp3) is 0.840. The SMILES string of the molecule is CCCC1CC(C(=O)NC(C(C)C)C2OC(CCC)C(O)C(O)C2O)N(Cc2oc(=O)oc2C)C1. The van der Waals surface area contributed by atoms with E-state index in [4.69, 9.17) is 13.6 Å². The maximum absolute atomic E-state index is 13.6. The van der Waals surface area contributed by atoms with Crippen LogP contribution in [0, 0.1) is 18.8 Å². The van der Waals surface area contributed by atoms with Crippen molar-refractivity contribution in [2.75, 3.05) is 6.54 Å². The maximum atomic E-state index is 13.6. The van der Waals surface area contributed by atoms with Gasteiger partial charge in [-0.15, -0.1) is 0 Å². The van der Waals surface area contributed by atoms with E-state index in [9.17, 15) is 24.9 Å². The molecule has 2 aliphatic heterocycles. The summed E-state index contributed by atoms with van der Waals surface area (Å²) in [5.74, 6) is 0.0911. The molecule has 0 aliphatic carbocycles. The molecule has 0 spiro atoms. The average Bonchev–Trinajstić information content (AvgIpc) is 3.34. The van der Waals surface area contributed by atoms with Crippen LogP contribution in [0.25, 0.3) is 0 Å². The standard InChI is InChI=1S/C25H42N2O8/c1-6-8-15-10-16(27(11-15)12-18-14(5)33-25(32)35-18)24(31)26-19(13(3)4)23-22(30)21(29)20(28)17(34-23)9-7-2/h13,15-17,19-23,28-30H,6-12H2,1-5H3,(H,26,31). The number of rotatable bonds is 10. The number of ether oxygens (including phenoxy) is 1. The number of amides is 1. The van der Waals surface area contributed by atoms with Gasteiger partial charge in [0.25, 0.3) is 0 Å². The summed E-state index contributed by atoms with van der Waals surface area (Å²) in [6.07, 6.45) is -1.42. The van der Waals surface area contributed by atoms with Crippen molar-refractivity contribution in [3.63, 3.8) is 0 Å². The Labute approximate surface area is 206 Å². The van der Waals surface area contributed by atoms with Crippen LogP contribution in [-0.4, -0.2) is 75.3 Å². The van der Waals surface area contributed by atoms with E-state index in [1.54, 1.807) is 6.92 Å². The lowest BCUT2D eigenvalue weighted by Gasteiger charge is -2.45. The Kier molecular flexibility index (Phi) is 9.56. The first-order valence-electron chi connectivity index (χ1n) is 12.9. The molecule has 8 atom stereocenters. The van der Waals surface area contributed by atoms with Crippen molar-refractivity contribution in [1.29, 1.82) is 0 Å². The Hall–Kier alpha value is -1.72. The highest BCUT2D eigenvalue weighted by molar-refractivity contribution is 5.82. The zero-order valence-corrected chi connectivity index (χ0v) is 21.5. The first-order valence-corrected chi connectivity index (χ1v) is 12.9. The van der Waals surface area contributed by atoms with Gasteiger partial charge in [0.05, 0.1) is 24.7 Å². The van der Waals surface area contributed by atoms with Crippen LogP contribution in [0.4, 0.5) is 0 Å². The third-order valence-electron chi connectivity index (χ3n) is 7.38. The van der Waals surface area contributed by atoms with Gasteiger partial charge < -0.3 is 34.2 Å². The van der Waals surface area contributed by atoms with E-state index in [-0.39, 0.29) is 18.4 Å². The largest absolute Gasteiger partial charge is 0.519 e. The van der Waals surface area contributed by atoms with Crippen LogP contribution in [0.1, 0.15) is 71.3 Å². The molecule has 3 rings (SSSR count). The molecular weight excluding hydrogens is 456 g/mol. The molecule has 2 aliphatic rings. The molecule has 35 heavy (non-hydrogen) atoms. The summed E-state index contributed by atoms with van der Waals surface area (Å²) in [5.41, 5.74) is 0. The summed E-state index contributed by atoms with van der Waals surface area (Å²) >= 11 is 0. The van der Waals surface area contributed by atoms with Gasteiger partial charge in [-0.1, -0.05) is 40.5 Å². The number of aliphatic hydroxyl groups excluding tert-OH is 3. The highest BCUT2D eigenvalue weighted by atomic mass is 16.6. The molecule has 200 valence electrons. The van der Waals surface area contributed by atoms with Crippen LogP contribution in [0.3, 0.4) is 0 Å². The second kappa shape index (κ2) is 12.0. The fourth-order valence-electron chi connectivity index (χ4n) is 5.45. The molecule has 1 aromatic rings. The highest BCUT2D eigenvalue weighted by Crippen LogP contribution is 2.31. The minimum atomic E-state index is -1.35. The molecule has 1 amide bonds. The van der Waals surface area contributed by atoms with Crippen LogP contribution in [0.15, 0.2) is 13.6 Å². The van der Waals surface area contributed by atoms with Crippen molar-refractivity contribution in [1.82, 2.24) is 10.2 Å². The Morgan fingerprint density at radius 2 is 1.77 bits per heavy atom.